The number of nitrogens with one attached hydrogen (secondary N) is 1. The van der Waals surface area contributed by atoms with E-state index >= 15 is 0 Å². The third-order valence-electron chi connectivity index (χ3n) is 3.37. The van der Waals surface area contributed by atoms with Crippen LogP contribution in [0.25, 0.3) is 0 Å². The average Bonchev–Trinajstić information content (AvgIpc) is 3.16. The van der Waals surface area contributed by atoms with Crippen molar-refractivity contribution in [2.45, 2.75) is 14.4 Å². The fraction of sp³-hybridized carbons (Fsp3) is 0.111. The van der Waals surface area contributed by atoms with Gasteiger partial charge in [-0.05, 0) is 29.8 Å². The number of carbonyl (C=O) groups is 1. The van der Waals surface area contributed by atoms with Gasteiger partial charge in [0.15, 0.2) is 8.68 Å². The van der Waals surface area contributed by atoms with E-state index in [0.717, 1.165) is 19.4 Å². The van der Waals surface area contributed by atoms with Crippen LogP contribution in [0.4, 0.5) is 4.39 Å². The van der Waals surface area contributed by atoms with Gasteiger partial charge in [0, 0.05) is 20.8 Å². The topological polar surface area (TPSA) is 67.2 Å². The second kappa shape index (κ2) is 11.1. The third kappa shape index (κ3) is 7.07. The molecule has 3 aromatic rings. The van der Waals surface area contributed by atoms with E-state index in [-0.39, 0.29) is 17.2 Å². The van der Waals surface area contributed by atoms with Crippen LogP contribution in [0.1, 0.15) is 11.1 Å². The van der Waals surface area contributed by atoms with Gasteiger partial charge in [-0.3, -0.25) is 4.79 Å². The Bertz CT molecular complexity index is 1030. The SMILES string of the molecule is O=C(CSc1nnc(SCc2ccccc2Cl)s1)NN=Cc1cc(Br)ccc1F. The van der Waals surface area contributed by atoms with Crippen molar-refractivity contribution in [2.24, 2.45) is 5.10 Å². The molecule has 0 fully saturated rings. The minimum Gasteiger partial charge on any atom is -0.272 e. The summed E-state index contributed by atoms with van der Waals surface area (Å²) in [4.78, 5) is 11.9. The van der Waals surface area contributed by atoms with Gasteiger partial charge in [-0.25, -0.2) is 9.82 Å². The molecule has 3 rings (SSSR count). The molecule has 0 saturated carbocycles. The Hall–Kier alpha value is -1.46. The minimum absolute atomic E-state index is 0.127. The standard InChI is InChI=1S/C18H13BrClFN4OS3/c19-13-5-6-15(21)12(7-13)8-22-23-16(26)10-28-18-25-24-17(29-18)27-9-11-3-1-2-4-14(11)20/h1-8H,9-10H2,(H,23,26). The molecule has 0 saturated heterocycles. The summed E-state index contributed by atoms with van der Waals surface area (Å²) >= 11 is 13.6. The lowest BCUT2D eigenvalue weighted by molar-refractivity contribution is -0.118. The largest absolute Gasteiger partial charge is 0.272 e. The summed E-state index contributed by atoms with van der Waals surface area (Å²) in [6.07, 6.45) is 1.26. The number of hydrazone groups is 1. The van der Waals surface area contributed by atoms with E-state index in [1.165, 1.54) is 35.4 Å². The molecule has 1 N–H and O–H groups in total. The van der Waals surface area contributed by atoms with Gasteiger partial charge in [0.1, 0.15) is 5.82 Å². The maximum Gasteiger partial charge on any atom is 0.250 e. The van der Waals surface area contributed by atoms with E-state index in [1.807, 2.05) is 24.3 Å². The number of thioether (sulfide) groups is 2. The van der Waals surface area contributed by atoms with Crippen LogP contribution in [0.3, 0.4) is 0 Å². The number of benzene rings is 2. The Labute approximate surface area is 192 Å². The van der Waals surface area contributed by atoms with E-state index in [9.17, 15) is 9.18 Å². The van der Waals surface area contributed by atoms with Gasteiger partial charge >= 0.3 is 0 Å². The van der Waals surface area contributed by atoms with Crippen molar-refractivity contribution in [1.29, 1.82) is 0 Å². The summed E-state index contributed by atoms with van der Waals surface area (Å²) in [5.41, 5.74) is 3.68. The van der Waals surface area contributed by atoms with Crippen LogP contribution in [-0.2, 0) is 10.5 Å². The second-order valence-corrected chi connectivity index (χ2v) is 10.2. The maximum atomic E-state index is 13.6. The van der Waals surface area contributed by atoms with E-state index in [0.29, 0.717) is 10.1 Å². The number of rotatable bonds is 8. The molecule has 29 heavy (non-hydrogen) atoms. The van der Waals surface area contributed by atoms with Gasteiger partial charge in [-0.2, -0.15) is 5.10 Å². The molecule has 1 heterocycles. The fourth-order valence-electron chi connectivity index (χ4n) is 2.02. The first kappa shape index (κ1) is 22.2. The monoisotopic (exact) mass is 530 g/mol. The number of nitrogens with zero attached hydrogens (tertiary/aromatic N) is 3. The van der Waals surface area contributed by atoms with Gasteiger partial charge in [-0.15, -0.1) is 10.2 Å². The molecule has 11 heteroatoms. The van der Waals surface area contributed by atoms with Gasteiger partial charge in [0.25, 0.3) is 5.91 Å². The van der Waals surface area contributed by atoms with E-state index in [4.69, 9.17) is 11.6 Å². The third-order valence-corrected chi connectivity index (χ3v) is 7.48. The number of carbonyl (C=O) groups excluding carboxylic acids is 1. The highest BCUT2D eigenvalue weighted by Crippen LogP contribution is 2.32. The smallest absolute Gasteiger partial charge is 0.250 e. The fourth-order valence-corrected chi connectivity index (χ4v) is 5.49. The lowest BCUT2D eigenvalue weighted by atomic mass is 10.2. The summed E-state index contributed by atoms with van der Waals surface area (Å²) in [6, 6.07) is 12.1. The van der Waals surface area contributed by atoms with Crippen LogP contribution >= 0.6 is 62.4 Å². The van der Waals surface area contributed by atoms with Crippen LogP contribution < -0.4 is 5.43 Å². The normalized spacial score (nSPS) is 11.1. The van der Waals surface area contributed by atoms with Crippen LogP contribution in [0.5, 0.6) is 0 Å². The number of hydrogen-bond acceptors (Lipinski definition) is 7. The maximum absolute atomic E-state index is 13.6. The van der Waals surface area contributed by atoms with Gasteiger partial charge in [0.2, 0.25) is 0 Å². The van der Waals surface area contributed by atoms with Gasteiger partial charge in [0.05, 0.1) is 12.0 Å². The highest BCUT2D eigenvalue weighted by molar-refractivity contribution is 9.10. The van der Waals surface area contributed by atoms with E-state index in [1.54, 1.807) is 23.9 Å². The molecule has 0 atom stereocenters. The van der Waals surface area contributed by atoms with Crippen LogP contribution in [0, 0.1) is 5.82 Å². The number of amides is 1. The summed E-state index contributed by atoms with van der Waals surface area (Å²) in [7, 11) is 0. The second-order valence-electron chi connectivity index (χ2n) is 5.46. The van der Waals surface area contributed by atoms with E-state index < -0.39 is 5.82 Å². The van der Waals surface area contributed by atoms with Gasteiger partial charge in [-0.1, -0.05) is 80.6 Å². The highest BCUT2D eigenvalue weighted by Gasteiger charge is 2.09. The lowest BCUT2D eigenvalue weighted by Crippen LogP contribution is -2.19. The molecule has 2 aromatic carbocycles. The molecule has 0 aliphatic heterocycles. The summed E-state index contributed by atoms with van der Waals surface area (Å²) in [6.45, 7) is 0. The first-order valence-corrected chi connectivity index (χ1v) is 12.1. The van der Waals surface area contributed by atoms with Crippen molar-refractivity contribution in [2.75, 3.05) is 5.75 Å². The van der Waals surface area contributed by atoms with Crippen LogP contribution in [0.2, 0.25) is 5.02 Å². The first-order valence-electron chi connectivity index (χ1n) is 8.11. The Morgan fingerprint density at radius 3 is 2.79 bits per heavy atom. The molecular formula is C18H13BrClFN4OS3. The molecule has 150 valence electrons. The van der Waals surface area contributed by atoms with Crippen molar-refractivity contribution < 1.29 is 9.18 Å². The molecule has 0 aliphatic rings. The predicted octanol–water partition coefficient (Wildman–Crippen LogP) is 5.63. The zero-order valence-corrected chi connectivity index (χ0v) is 19.4. The summed E-state index contributed by atoms with van der Waals surface area (Å²) < 4.78 is 15.8. The zero-order chi connectivity index (χ0) is 20.6. The Morgan fingerprint density at radius 2 is 2.00 bits per heavy atom. The molecule has 0 radical (unpaired) electrons. The molecule has 0 aliphatic carbocycles. The lowest BCUT2D eigenvalue weighted by Gasteiger charge is -2.00. The molecule has 0 unspecified atom stereocenters. The molecule has 1 amide bonds. The van der Waals surface area contributed by atoms with Crippen LogP contribution in [0.15, 0.2) is 60.7 Å². The Morgan fingerprint density at radius 1 is 1.24 bits per heavy atom. The minimum atomic E-state index is -0.420. The number of halogens is 3. The number of hydrogen-bond donors (Lipinski definition) is 1. The number of aromatic nitrogens is 2. The van der Waals surface area contributed by atoms with Crippen molar-refractivity contribution in [3.63, 3.8) is 0 Å². The highest BCUT2D eigenvalue weighted by atomic mass is 79.9. The Balaban J connectivity index is 1.44. The van der Waals surface area contributed by atoms with Crippen molar-refractivity contribution in [3.8, 4) is 0 Å². The van der Waals surface area contributed by atoms with Crippen molar-refractivity contribution in [3.05, 3.63) is 68.9 Å². The average molecular weight is 532 g/mol. The quantitative estimate of drug-likeness (QED) is 0.232. The molecular weight excluding hydrogens is 519 g/mol. The summed E-state index contributed by atoms with van der Waals surface area (Å²) in [5, 5.41) is 12.7. The van der Waals surface area contributed by atoms with Crippen molar-refractivity contribution >= 4 is 74.5 Å². The first-order chi connectivity index (χ1) is 14.0. The zero-order valence-electron chi connectivity index (χ0n) is 14.6. The molecule has 5 nitrogen and oxygen atoms in total. The van der Waals surface area contributed by atoms with Crippen LogP contribution in [-0.4, -0.2) is 28.1 Å². The van der Waals surface area contributed by atoms with Gasteiger partial charge < -0.3 is 0 Å². The molecule has 1 aromatic heterocycles. The predicted molar refractivity (Wildman–Crippen MR) is 121 cm³/mol. The molecule has 0 bridgehead atoms. The van der Waals surface area contributed by atoms with Crippen molar-refractivity contribution in [1.82, 2.24) is 15.6 Å². The Kier molecular flexibility index (Phi) is 8.49. The summed E-state index contributed by atoms with van der Waals surface area (Å²) in [5.74, 6) is 0.0843. The molecule has 0 spiro atoms. The van der Waals surface area contributed by atoms with E-state index in [2.05, 4.69) is 36.7 Å².